The topological polar surface area (TPSA) is 61.9 Å². The Labute approximate surface area is 92.7 Å². The molecule has 1 aromatic carbocycles. The van der Waals surface area contributed by atoms with Crippen LogP contribution in [0.15, 0.2) is 18.2 Å². The van der Waals surface area contributed by atoms with E-state index in [0.717, 1.165) is 12.0 Å². The van der Waals surface area contributed by atoms with Crippen molar-refractivity contribution in [1.82, 2.24) is 5.32 Å². The van der Waals surface area contributed by atoms with Gasteiger partial charge < -0.3 is 11.1 Å². The zero-order valence-corrected chi connectivity index (χ0v) is 8.99. The minimum Gasteiger partial charge on any atom is -0.370 e. The third kappa shape index (κ3) is 3.44. The molecule has 0 saturated heterocycles. The molecule has 0 fully saturated rings. The van der Waals surface area contributed by atoms with Crippen LogP contribution in [0.4, 0.5) is 0 Å². The Balaban J connectivity index is 2.55. The molecule has 0 radical (unpaired) electrons. The Kier molecular flexibility index (Phi) is 4.04. The highest BCUT2D eigenvalue weighted by Crippen LogP contribution is 2.20. The van der Waals surface area contributed by atoms with Gasteiger partial charge in [0.1, 0.15) is 0 Å². The lowest BCUT2D eigenvalue weighted by Gasteiger charge is -2.05. The predicted molar refractivity (Wildman–Crippen MR) is 60.1 cm³/mol. The zero-order valence-electron chi connectivity index (χ0n) is 7.48. The lowest BCUT2D eigenvalue weighted by atomic mass is 10.1. The Hall–Kier alpha value is -0.930. The van der Waals surface area contributed by atoms with Crippen molar-refractivity contribution in [3.8, 4) is 0 Å². The summed E-state index contributed by atoms with van der Waals surface area (Å²) in [4.78, 5) is 0. The van der Waals surface area contributed by atoms with Gasteiger partial charge in [-0.05, 0) is 24.1 Å². The maximum absolute atomic E-state index is 6.96. The second kappa shape index (κ2) is 5.08. The van der Waals surface area contributed by atoms with Gasteiger partial charge in [-0.1, -0.05) is 29.3 Å². The molecule has 1 rings (SSSR count). The van der Waals surface area contributed by atoms with Crippen LogP contribution < -0.4 is 11.1 Å². The van der Waals surface area contributed by atoms with Crippen molar-refractivity contribution in [2.45, 2.75) is 6.42 Å². The number of hydrogen-bond acceptors (Lipinski definition) is 1. The molecule has 0 amide bonds. The molecule has 0 aliphatic heterocycles. The summed E-state index contributed by atoms with van der Waals surface area (Å²) in [7, 11) is 0. The summed E-state index contributed by atoms with van der Waals surface area (Å²) in [6, 6.07) is 5.36. The summed E-state index contributed by atoms with van der Waals surface area (Å²) in [5.74, 6) is -0.0323. The summed E-state index contributed by atoms with van der Waals surface area (Å²) in [5, 5.41) is 10.9. The highest BCUT2D eigenvalue weighted by Gasteiger charge is 2.00. The molecular weight excluding hydrogens is 221 g/mol. The second-order valence-electron chi connectivity index (χ2n) is 2.83. The Morgan fingerprint density at radius 2 is 2.14 bits per heavy atom. The molecule has 0 spiro atoms. The van der Waals surface area contributed by atoms with Crippen molar-refractivity contribution in [2.75, 3.05) is 6.54 Å². The monoisotopic (exact) mass is 231 g/mol. The molecule has 0 aliphatic rings. The Morgan fingerprint density at radius 3 is 2.71 bits per heavy atom. The number of benzene rings is 1. The van der Waals surface area contributed by atoms with Crippen molar-refractivity contribution >= 4 is 29.2 Å². The van der Waals surface area contributed by atoms with Crippen LogP contribution in [0.2, 0.25) is 10.0 Å². The largest absolute Gasteiger partial charge is 0.370 e. The standard InChI is InChI=1S/C9H11Cl2N3/c10-7-2-1-6(8(11)5-7)3-4-14-9(12)13/h1-2,5H,3-4H2,(H4,12,13,14). The molecule has 3 nitrogen and oxygen atoms in total. The fourth-order valence-electron chi connectivity index (χ4n) is 1.06. The van der Waals surface area contributed by atoms with E-state index in [4.69, 9.17) is 34.3 Å². The quantitative estimate of drug-likeness (QED) is 0.551. The molecule has 14 heavy (non-hydrogen) atoms. The highest BCUT2D eigenvalue weighted by atomic mass is 35.5. The van der Waals surface area contributed by atoms with Gasteiger partial charge in [0.15, 0.2) is 5.96 Å². The van der Waals surface area contributed by atoms with Crippen LogP contribution in [0.1, 0.15) is 5.56 Å². The molecule has 0 unspecified atom stereocenters. The molecule has 0 bridgehead atoms. The van der Waals surface area contributed by atoms with Gasteiger partial charge in [0.05, 0.1) is 0 Å². The maximum atomic E-state index is 6.96. The first-order chi connectivity index (χ1) is 6.59. The van der Waals surface area contributed by atoms with E-state index in [-0.39, 0.29) is 5.96 Å². The zero-order chi connectivity index (χ0) is 10.6. The summed E-state index contributed by atoms with van der Waals surface area (Å²) in [6.45, 7) is 0.594. The van der Waals surface area contributed by atoms with Gasteiger partial charge in [-0.15, -0.1) is 0 Å². The van der Waals surface area contributed by atoms with Gasteiger partial charge in [0, 0.05) is 16.6 Å². The van der Waals surface area contributed by atoms with E-state index in [0.29, 0.717) is 16.6 Å². The molecule has 0 heterocycles. The molecule has 5 heteroatoms. The minimum atomic E-state index is -0.0323. The number of halogens is 2. The Bertz CT molecular complexity index is 339. The number of nitrogens with two attached hydrogens (primary N) is 1. The molecule has 4 N–H and O–H groups in total. The van der Waals surface area contributed by atoms with E-state index in [1.165, 1.54) is 0 Å². The van der Waals surface area contributed by atoms with E-state index in [2.05, 4.69) is 5.32 Å². The lowest BCUT2D eigenvalue weighted by Crippen LogP contribution is -2.31. The van der Waals surface area contributed by atoms with Gasteiger partial charge >= 0.3 is 0 Å². The molecule has 0 atom stereocenters. The van der Waals surface area contributed by atoms with Crippen LogP contribution in [-0.4, -0.2) is 12.5 Å². The minimum absolute atomic E-state index is 0.0323. The third-order valence-electron chi connectivity index (χ3n) is 1.72. The molecule has 0 saturated carbocycles. The summed E-state index contributed by atoms with van der Waals surface area (Å²) in [5.41, 5.74) is 6.13. The van der Waals surface area contributed by atoms with Crippen LogP contribution in [0, 0.1) is 5.41 Å². The smallest absolute Gasteiger partial charge is 0.185 e. The molecule has 0 aliphatic carbocycles. The van der Waals surface area contributed by atoms with Crippen molar-refractivity contribution in [3.63, 3.8) is 0 Å². The van der Waals surface area contributed by atoms with Crippen LogP contribution in [-0.2, 0) is 6.42 Å². The predicted octanol–water partition coefficient (Wildman–Crippen LogP) is 2.02. The average molecular weight is 232 g/mol. The first-order valence-corrected chi connectivity index (χ1v) is 4.87. The summed E-state index contributed by atoms with van der Waals surface area (Å²) in [6.07, 6.45) is 0.718. The van der Waals surface area contributed by atoms with Gasteiger partial charge in [-0.25, -0.2) is 0 Å². The van der Waals surface area contributed by atoms with E-state index in [1.807, 2.05) is 6.07 Å². The van der Waals surface area contributed by atoms with Crippen LogP contribution in [0.5, 0.6) is 0 Å². The van der Waals surface area contributed by atoms with Crippen molar-refractivity contribution in [1.29, 1.82) is 5.41 Å². The van der Waals surface area contributed by atoms with Gasteiger partial charge in [0.25, 0.3) is 0 Å². The highest BCUT2D eigenvalue weighted by molar-refractivity contribution is 6.35. The van der Waals surface area contributed by atoms with Crippen molar-refractivity contribution < 1.29 is 0 Å². The molecular formula is C9H11Cl2N3. The molecule has 0 aromatic heterocycles. The number of guanidine groups is 1. The normalized spacial score (nSPS) is 9.86. The fourth-order valence-corrected chi connectivity index (χ4v) is 1.56. The SMILES string of the molecule is N=C(N)NCCc1ccc(Cl)cc1Cl. The van der Waals surface area contributed by atoms with Gasteiger partial charge in [-0.2, -0.15) is 0 Å². The van der Waals surface area contributed by atoms with E-state index >= 15 is 0 Å². The molecule has 76 valence electrons. The van der Waals surface area contributed by atoms with Crippen LogP contribution in [0.25, 0.3) is 0 Å². The first-order valence-electron chi connectivity index (χ1n) is 4.11. The second-order valence-corrected chi connectivity index (χ2v) is 3.67. The maximum Gasteiger partial charge on any atom is 0.185 e. The van der Waals surface area contributed by atoms with E-state index in [1.54, 1.807) is 12.1 Å². The average Bonchev–Trinajstić information content (AvgIpc) is 2.08. The van der Waals surface area contributed by atoms with Crippen LogP contribution in [0.3, 0.4) is 0 Å². The van der Waals surface area contributed by atoms with Crippen molar-refractivity contribution in [3.05, 3.63) is 33.8 Å². The van der Waals surface area contributed by atoms with E-state index < -0.39 is 0 Å². The molecule has 1 aromatic rings. The third-order valence-corrected chi connectivity index (χ3v) is 2.31. The fraction of sp³-hybridized carbons (Fsp3) is 0.222. The van der Waals surface area contributed by atoms with Crippen LogP contribution >= 0.6 is 23.2 Å². The first kappa shape index (κ1) is 11.1. The summed E-state index contributed by atoms with van der Waals surface area (Å²) >= 11 is 11.7. The number of hydrogen-bond donors (Lipinski definition) is 3. The van der Waals surface area contributed by atoms with Crippen molar-refractivity contribution in [2.24, 2.45) is 5.73 Å². The Morgan fingerprint density at radius 1 is 1.43 bits per heavy atom. The lowest BCUT2D eigenvalue weighted by molar-refractivity contribution is 0.854. The number of rotatable bonds is 3. The van der Waals surface area contributed by atoms with Gasteiger partial charge in [0.2, 0.25) is 0 Å². The van der Waals surface area contributed by atoms with E-state index in [9.17, 15) is 0 Å². The summed E-state index contributed by atoms with van der Waals surface area (Å²) < 4.78 is 0. The number of nitrogens with one attached hydrogen (secondary N) is 2. The van der Waals surface area contributed by atoms with Gasteiger partial charge in [-0.3, -0.25) is 5.41 Å².